The van der Waals surface area contributed by atoms with Crippen LogP contribution in [0.3, 0.4) is 0 Å². The highest BCUT2D eigenvalue weighted by molar-refractivity contribution is 7.89. The van der Waals surface area contributed by atoms with Crippen LogP contribution in [0.25, 0.3) is 10.3 Å². The van der Waals surface area contributed by atoms with E-state index in [9.17, 15) is 8.42 Å². The van der Waals surface area contributed by atoms with E-state index in [2.05, 4.69) is 14.9 Å². The number of aromatic nitrogens is 2. The van der Waals surface area contributed by atoms with E-state index in [1.54, 1.807) is 18.3 Å². The summed E-state index contributed by atoms with van der Waals surface area (Å²) in [6, 6.07) is 8.39. The number of sulfonamides is 1. The molecule has 2 aromatic heterocycles. The number of thiazole rings is 1. The molecular formula is C17H17ClN4O3S2. The van der Waals surface area contributed by atoms with E-state index in [0.717, 1.165) is 15.5 Å². The number of fused-ring (bicyclic) bond motifs is 1. The second-order valence-corrected chi connectivity index (χ2v) is 9.31. The summed E-state index contributed by atoms with van der Waals surface area (Å²) in [5, 5.41) is 1.22. The Bertz CT molecular complexity index is 1050. The fourth-order valence-electron chi connectivity index (χ4n) is 3.00. The molecule has 1 aliphatic rings. The van der Waals surface area contributed by atoms with Crippen molar-refractivity contribution in [3.8, 4) is 5.75 Å². The maximum Gasteiger partial charge on any atom is 0.246 e. The Morgan fingerprint density at radius 2 is 1.96 bits per heavy atom. The largest absolute Gasteiger partial charge is 0.495 e. The molecule has 3 heterocycles. The van der Waals surface area contributed by atoms with Gasteiger partial charge in [-0.1, -0.05) is 22.9 Å². The van der Waals surface area contributed by atoms with Gasteiger partial charge in [0.05, 0.1) is 7.11 Å². The van der Waals surface area contributed by atoms with Crippen LogP contribution in [0.2, 0.25) is 5.02 Å². The van der Waals surface area contributed by atoms with Crippen LogP contribution in [0.15, 0.2) is 41.4 Å². The number of nitrogens with zero attached hydrogens (tertiary/aromatic N) is 4. The minimum absolute atomic E-state index is 0.0927. The molecule has 0 spiro atoms. The lowest BCUT2D eigenvalue weighted by Crippen LogP contribution is -2.48. The molecule has 142 valence electrons. The minimum atomic E-state index is -3.69. The highest BCUT2D eigenvalue weighted by Crippen LogP contribution is 2.32. The number of anilines is 1. The van der Waals surface area contributed by atoms with Crippen LogP contribution in [0, 0.1) is 0 Å². The maximum absolute atomic E-state index is 13.0. The molecular weight excluding hydrogens is 408 g/mol. The third-order valence-corrected chi connectivity index (χ3v) is 7.60. The van der Waals surface area contributed by atoms with Crippen LogP contribution in [0.1, 0.15) is 0 Å². The monoisotopic (exact) mass is 424 g/mol. The van der Waals surface area contributed by atoms with Crippen molar-refractivity contribution >= 4 is 48.4 Å². The quantitative estimate of drug-likeness (QED) is 0.641. The average Bonchev–Trinajstić information content (AvgIpc) is 3.12. The summed E-state index contributed by atoms with van der Waals surface area (Å²) in [5.74, 6) is 0.291. The van der Waals surface area contributed by atoms with E-state index in [-0.39, 0.29) is 4.90 Å². The number of pyridine rings is 1. The molecule has 7 nitrogen and oxygen atoms in total. The van der Waals surface area contributed by atoms with E-state index in [1.165, 1.54) is 28.8 Å². The molecule has 0 bridgehead atoms. The lowest BCUT2D eigenvalue weighted by molar-refractivity contribution is 0.374. The van der Waals surface area contributed by atoms with Crippen molar-refractivity contribution in [1.29, 1.82) is 0 Å². The number of methoxy groups -OCH3 is 1. The first-order chi connectivity index (χ1) is 13.0. The zero-order chi connectivity index (χ0) is 19.0. The highest BCUT2D eigenvalue weighted by atomic mass is 35.5. The Labute approximate surface area is 166 Å². The molecule has 0 N–H and O–H groups in total. The van der Waals surface area contributed by atoms with Gasteiger partial charge in [0.25, 0.3) is 0 Å². The SMILES string of the molecule is COc1ccc(Cl)cc1S(=O)(=O)N1CCN(c2nc3cccnc3s2)CC1. The lowest BCUT2D eigenvalue weighted by atomic mass is 10.3. The third kappa shape index (κ3) is 3.47. The number of hydrogen-bond acceptors (Lipinski definition) is 7. The van der Waals surface area contributed by atoms with Gasteiger partial charge in [-0.05, 0) is 30.3 Å². The van der Waals surface area contributed by atoms with Gasteiger partial charge in [-0.2, -0.15) is 4.31 Å². The Hall–Kier alpha value is -1.94. The zero-order valence-corrected chi connectivity index (χ0v) is 16.9. The summed E-state index contributed by atoms with van der Waals surface area (Å²) >= 11 is 7.52. The highest BCUT2D eigenvalue weighted by Gasteiger charge is 2.31. The second-order valence-electron chi connectivity index (χ2n) is 6.01. The summed E-state index contributed by atoms with van der Waals surface area (Å²) in [7, 11) is -2.24. The molecule has 0 radical (unpaired) electrons. The molecule has 10 heteroatoms. The van der Waals surface area contributed by atoms with Gasteiger partial charge in [-0.3, -0.25) is 0 Å². The van der Waals surface area contributed by atoms with Gasteiger partial charge < -0.3 is 9.64 Å². The fourth-order valence-corrected chi connectivity index (χ4v) is 5.81. The normalized spacial score (nSPS) is 16.0. The molecule has 0 aliphatic carbocycles. The maximum atomic E-state index is 13.0. The first-order valence-electron chi connectivity index (χ1n) is 8.29. The summed E-state index contributed by atoms with van der Waals surface area (Å²) in [5.41, 5.74) is 0.858. The van der Waals surface area contributed by atoms with Crippen LogP contribution in [-0.2, 0) is 10.0 Å². The third-order valence-electron chi connectivity index (χ3n) is 4.41. The number of rotatable bonds is 4. The number of piperazine rings is 1. The molecule has 1 aliphatic heterocycles. The van der Waals surface area contributed by atoms with Crippen molar-refractivity contribution in [1.82, 2.24) is 14.3 Å². The fraction of sp³-hybridized carbons (Fsp3) is 0.294. The lowest BCUT2D eigenvalue weighted by Gasteiger charge is -2.34. The summed E-state index contributed by atoms with van der Waals surface area (Å²) in [6.45, 7) is 1.84. The number of hydrogen-bond donors (Lipinski definition) is 0. The molecule has 1 saturated heterocycles. The van der Waals surface area contributed by atoms with Gasteiger partial charge in [-0.25, -0.2) is 18.4 Å². The van der Waals surface area contributed by atoms with Crippen LogP contribution in [0.4, 0.5) is 5.13 Å². The predicted octanol–water partition coefficient (Wildman–Crippen LogP) is 2.86. The minimum Gasteiger partial charge on any atom is -0.495 e. The first kappa shape index (κ1) is 18.4. The average molecular weight is 425 g/mol. The van der Waals surface area contributed by atoms with Crippen LogP contribution in [0.5, 0.6) is 5.75 Å². The smallest absolute Gasteiger partial charge is 0.246 e. The van der Waals surface area contributed by atoms with E-state index in [1.807, 2.05) is 12.1 Å². The standard InChI is InChI=1S/C17H17ClN4O3S2/c1-25-14-5-4-12(18)11-15(14)27(23,24)22-9-7-21(8-10-22)17-20-13-3-2-6-19-16(13)26-17/h2-6,11H,7-10H2,1H3. The summed E-state index contributed by atoms with van der Waals surface area (Å²) < 4.78 is 32.8. The van der Waals surface area contributed by atoms with E-state index in [0.29, 0.717) is 37.0 Å². The molecule has 0 unspecified atom stereocenters. The number of ether oxygens (including phenoxy) is 1. The van der Waals surface area contributed by atoms with E-state index >= 15 is 0 Å². The van der Waals surface area contributed by atoms with Gasteiger partial charge in [-0.15, -0.1) is 0 Å². The van der Waals surface area contributed by atoms with Crippen molar-refractivity contribution < 1.29 is 13.2 Å². The molecule has 0 saturated carbocycles. The molecule has 27 heavy (non-hydrogen) atoms. The van der Waals surface area contributed by atoms with Gasteiger partial charge in [0.1, 0.15) is 21.0 Å². The van der Waals surface area contributed by atoms with E-state index < -0.39 is 10.0 Å². The molecule has 0 atom stereocenters. The van der Waals surface area contributed by atoms with Crippen molar-refractivity contribution in [2.24, 2.45) is 0 Å². The Kier molecular flexibility index (Phi) is 4.94. The Morgan fingerprint density at radius 3 is 2.67 bits per heavy atom. The first-order valence-corrected chi connectivity index (χ1v) is 10.9. The number of benzene rings is 1. The van der Waals surface area contributed by atoms with Crippen LogP contribution >= 0.6 is 22.9 Å². The molecule has 4 rings (SSSR count). The Morgan fingerprint density at radius 1 is 1.19 bits per heavy atom. The predicted molar refractivity (Wildman–Crippen MR) is 106 cm³/mol. The summed E-state index contributed by atoms with van der Waals surface area (Å²) in [4.78, 5) is 12.0. The molecule has 0 amide bonds. The van der Waals surface area contributed by atoms with Gasteiger partial charge in [0, 0.05) is 37.4 Å². The number of halogens is 1. The topological polar surface area (TPSA) is 75.6 Å². The summed E-state index contributed by atoms with van der Waals surface area (Å²) in [6.07, 6.45) is 1.74. The Balaban J connectivity index is 1.54. The molecule has 3 aromatic rings. The van der Waals surface area contributed by atoms with Gasteiger partial charge >= 0.3 is 0 Å². The molecule has 1 aromatic carbocycles. The van der Waals surface area contributed by atoms with Crippen LogP contribution in [-0.4, -0.2) is 56.0 Å². The van der Waals surface area contributed by atoms with Crippen molar-refractivity contribution in [3.63, 3.8) is 0 Å². The van der Waals surface area contributed by atoms with Gasteiger partial charge in [0.15, 0.2) is 5.13 Å². The van der Waals surface area contributed by atoms with Gasteiger partial charge in [0.2, 0.25) is 10.0 Å². The van der Waals surface area contributed by atoms with E-state index in [4.69, 9.17) is 16.3 Å². The second kappa shape index (κ2) is 7.23. The van der Waals surface area contributed by atoms with Crippen molar-refractivity contribution in [2.75, 3.05) is 38.2 Å². The van der Waals surface area contributed by atoms with Crippen molar-refractivity contribution in [3.05, 3.63) is 41.6 Å². The van der Waals surface area contributed by atoms with Crippen molar-refractivity contribution in [2.45, 2.75) is 4.90 Å². The van der Waals surface area contributed by atoms with Crippen LogP contribution < -0.4 is 9.64 Å². The zero-order valence-electron chi connectivity index (χ0n) is 14.5. The molecule has 1 fully saturated rings.